The monoisotopic (exact) mass is 694 g/mol. The molecule has 2 N–H and O–H groups in total. The van der Waals surface area contributed by atoms with Crippen LogP contribution in [-0.4, -0.2) is 58.1 Å². The summed E-state index contributed by atoms with van der Waals surface area (Å²) >= 11 is 6.44. The molecule has 10 heteroatoms. The number of carbonyl (C=O) groups excluding carboxylic acids is 1. The molecule has 1 fully saturated rings. The first kappa shape index (κ1) is 34.1. The van der Waals surface area contributed by atoms with Gasteiger partial charge in [-0.1, -0.05) is 56.2 Å². The van der Waals surface area contributed by atoms with Crippen molar-refractivity contribution in [2.45, 2.75) is 88.3 Å². The van der Waals surface area contributed by atoms with Gasteiger partial charge in [0.25, 0.3) is 5.91 Å². The fraction of sp³-hybridized carbons (Fsp3) is 0.541. The number of benzene rings is 2. The number of anilines is 1. The maximum Gasteiger partial charge on any atom is 0.264 e. The molecule has 6 atom stereocenters. The predicted octanol–water partition coefficient (Wildman–Crippen LogP) is 6.50. The van der Waals surface area contributed by atoms with Gasteiger partial charge in [0.2, 0.25) is 10.0 Å². The minimum atomic E-state index is -3.98. The molecule has 0 aromatic heterocycles. The minimum Gasteiger partial charge on any atom is -0.490 e. The van der Waals surface area contributed by atoms with Gasteiger partial charge >= 0.3 is 0 Å². The third-order valence-electron chi connectivity index (χ3n) is 10.8. The van der Waals surface area contributed by atoms with Crippen LogP contribution in [0.15, 0.2) is 48.6 Å². The van der Waals surface area contributed by atoms with Crippen LogP contribution in [0.3, 0.4) is 0 Å². The van der Waals surface area contributed by atoms with Crippen molar-refractivity contribution < 1.29 is 23.1 Å². The number of amides is 1. The van der Waals surface area contributed by atoms with Gasteiger partial charge in [-0.15, -0.1) is 5.54 Å². The summed E-state index contributed by atoms with van der Waals surface area (Å²) in [7, 11) is -5.78. The highest BCUT2D eigenvalue weighted by molar-refractivity contribution is 7.90. The molecule has 2 heterocycles. The van der Waals surface area contributed by atoms with Crippen LogP contribution in [0.2, 0.25) is 24.7 Å². The standard InChI is InChI=1S/C37H47ClN2O5SSi/c1-25-8-6-17-37(42,18-19-47(3,4)5)32-13-10-29(32)22-40-23-36(16-7-9-27-20-30(38)12-14-31(27)36)24-45-34-15-11-28(21-33(34)40)35(41)39-46(43,44)26(25)2/h6,11-12,14-15,17,20-21,25-26,29,32,42H,7-10,13,16,22-24H2,1-5H3,(H,39,41)/b17-6+/t25-,26+,29-,32+,36-,37+/m0/s1. The van der Waals surface area contributed by atoms with E-state index in [0.717, 1.165) is 42.8 Å². The second-order valence-corrected chi connectivity index (χ2v) is 22.6. The van der Waals surface area contributed by atoms with Gasteiger partial charge in [0.05, 0.1) is 17.5 Å². The fourth-order valence-electron chi connectivity index (χ4n) is 7.69. The molecule has 0 saturated heterocycles. The molecule has 7 nitrogen and oxygen atoms in total. The zero-order valence-electron chi connectivity index (χ0n) is 28.1. The molecule has 0 radical (unpaired) electrons. The number of hydrogen-bond donors (Lipinski definition) is 2. The molecule has 2 aromatic carbocycles. The summed E-state index contributed by atoms with van der Waals surface area (Å²) in [5, 5.41) is 12.2. The molecule has 2 aliphatic carbocycles. The Morgan fingerprint density at radius 3 is 2.64 bits per heavy atom. The number of aryl methyl sites for hydroxylation is 1. The van der Waals surface area contributed by atoms with Crippen molar-refractivity contribution in [2.75, 3.05) is 24.6 Å². The molecule has 4 aliphatic rings. The number of allylic oxidation sites excluding steroid dienone is 1. The number of sulfonamides is 1. The SMILES string of the molecule is C[C@@H]1[C@@H](C)C/C=C/[C@@](O)(C#C[Si](C)(C)C)[C@@H]2CC[C@H]2CN2C[C@@]3(CCCc4cc(Cl)ccc43)COc3ccc(cc32)C(=O)NS1(=O)=O. The Kier molecular flexibility index (Phi) is 9.14. The van der Waals surface area contributed by atoms with Gasteiger partial charge in [0, 0.05) is 35.0 Å². The summed E-state index contributed by atoms with van der Waals surface area (Å²) in [5.41, 5.74) is 5.31. The Hall–Kier alpha value is -2.77. The van der Waals surface area contributed by atoms with Crippen molar-refractivity contribution in [3.05, 3.63) is 70.3 Å². The first-order valence-electron chi connectivity index (χ1n) is 16.9. The fourth-order valence-corrected chi connectivity index (χ4v) is 9.75. The van der Waals surface area contributed by atoms with Gasteiger partial charge in [0.15, 0.2) is 0 Å². The lowest BCUT2D eigenvalue weighted by Crippen LogP contribution is -2.52. The van der Waals surface area contributed by atoms with E-state index in [4.69, 9.17) is 16.3 Å². The summed E-state index contributed by atoms with van der Waals surface area (Å²) in [6, 6.07) is 11.4. The van der Waals surface area contributed by atoms with Crippen molar-refractivity contribution >= 4 is 41.3 Å². The van der Waals surface area contributed by atoms with E-state index in [1.54, 1.807) is 25.1 Å². The van der Waals surface area contributed by atoms with Crippen LogP contribution in [0, 0.1) is 29.2 Å². The van der Waals surface area contributed by atoms with E-state index < -0.39 is 34.9 Å². The minimum absolute atomic E-state index is 0.0838. The zero-order chi connectivity index (χ0) is 33.8. The normalized spacial score (nSPS) is 32.7. The van der Waals surface area contributed by atoms with Crippen LogP contribution in [-0.2, 0) is 21.9 Å². The van der Waals surface area contributed by atoms with Crippen LogP contribution in [0.25, 0.3) is 0 Å². The van der Waals surface area contributed by atoms with Crippen molar-refractivity contribution in [1.29, 1.82) is 0 Å². The highest BCUT2D eigenvalue weighted by atomic mass is 35.5. The van der Waals surface area contributed by atoms with Crippen LogP contribution in [0.4, 0.5) is 5.69 Å². The number of halogens is 1. The second kappa shape index (κ2) is 12.6. The third-order valence-corrected chi connectivity index (χ3v) is 13.8. The number of ether oxygens (including phenoxy) is 1. The molecule has 1 saturated carbocycles. The molecule has 1 amide bonds. The summed E-state index contributed by atoms with van der Waals surface area (Å²) in [6.07, 6.45) is 8.84. The first-order valence-corrected chi connectivity index (χ1v) is 22.3. The highest BCUT2D eigenvalue weighted by Crippen LogP contribution is 2.48. The van der Waals surface area contributed by atoms with E-state index in [1.807, 2.05) is 25.1 Å². The van der Waals surface area contributed by atoms with Crippen molar-refractivity contribution in [3.63, 3.8) is 0 Å². The molecule has 0 unspecified atom stereocenters. The van der Waals surface area contributed by atoms with Crippen LogP contribution in [0.5, 0.6) is 5.75 Å². The van der Waals surface area contributed by atoms with Crippen molar-refractivity contribution in [2.24, 2.45) is 17.8 Å². The summed E-state index contributed by atoms with van der Waals surface area (Å²) in [4.78, 5) is 15.8. The summed E-state index contributed by atoms with van der Waals surface area (Å²) in [6.45, 7) is 11.8. The van der Waals surface area contributed by atoms with Gasteiger partial charge in [-0.25, -0.2) is 13.1 Å². The van der Waals surface area contributed by atoms with E-state index in [9.17, 15) is 18.3 Å². The maximum absolute atomic E-state index is 13.5. The Morgan fingerprint density at radius 2 is 1.91 bits per heavy atom. The molecule has 2 bridgehead atoms. The van der Waals surface area contributed by atoms with E-state index in [2.05, 4.69) is 52.9 Å². The zero-order valence-corrected chi connectivity index (χ0v) is 30.7. The largest absolute Gasteiger partial charge is 0.490 e. The molecule has 2 aliphatic heterocycles. The Morgan fingerprint density at radius 1 is 1.13 bits per heavy atom. The molecule has 6 rings (SSSR count). The quantitative estimate of drug-likeness (QED) is 0.186. The Labute approximate surface area is 286 Å². The topological polar surface area (TPSA) is 95.9 Å². The van der Waals surface area contributed by atoms with E-state index in [-0.39, 0.29) is 28.7 Å². The third kappa shape index (κ3) is 6.89. The van der Waals surface area contributed by atoms with E-state index in [0.29, 0.717) is 31.9 Å². The number of nitrogens with zero attached hydrogens (tertiary/aromatic N) is 1. The molecule has 47 heavy (non-hydrogen) atoms. The average molecular weight is 695 g/mol. The molecule has 2 aromatic rings. The number of carbonyl (C=O) groups is 1. The number of hydrogen-bond acceptors (Lipinski definition) is 6. The van der Waals surface area contributed by atoms with Crippen LogP contribution < -0.4 is 14.4 Å². The lowest BCUT2D eigenvalue weighted by molar-refractivity contribution is -0.00315. The molecular formula is C37H47ClN2O5SSi. The lowest BCUT2D eigenvalue weighted by atomic mass is 9.64. The summed E-state index contributed by atoms with van der Waals surface area (Å²) < 4.78 is 35.7. The van der Waals surface area contributed by atoms with Crippen molar-refractivity contribution in [3.8, 4) is 17.2 Å². The second-order valence-electron chi connectivity index (χ2n) is 15.4. The van der Waals surface area contributed by atoms with Gasteiger partial charge in [-0.3, -0.25) is 4.79 Å². The van der Waals surface area contributed by atoms with Crippen LogP contribution in [0.1, 0.15) is 67.4 Å². The highest BCUT2D eigenvalue weighted by Gasteiger charge is 2.48. The summed E-state index contributed by atoms with van der Waals surface area (Å²) in [5.74, 6) is 3.11. The molecule has 1 spiro atoms. The number of rotatable bonds is 0. The van der Waals surface area contributed by atoms with E-state index >= 15 is 0 Å². The lowest BCUT2D eigenvalue weighted by Gasteiger charge is -2.47. The van der Waals surface area contributed by atoms with Crippen molar-refractivity contribution in [1.82, 2.24) is 4.72 Å². The first-order chi connectivity index (χ1) is 22.1. The van der Waals surface area contributed by atoms with Gasteiger partial charge in [-0.05, 0) is 105 Å². The predicted molar refractivity (Wildman–Crippen MR) is 191 cm³/mol. The Bertz CT molecular complexity index is 1760. The number of aliphatic hydroxyl groups is 1. The van der Waals surface area contributed by atoms with Crippen LogP contribution >= 0.6 is 11.6 Å². The molecular weight excluding hydrogens is 648 g/mol. The number of fused-ring (bicyclic) bond motifs is 4. The van der Waals surface area contributed by atoms with E-state index in [1.165, 1.54) is 11.1 Å². The Balaban J connectivity index is 1.47. The maximum atomic E-state index is 13.5. The number of nitrogens with one attached hydrogen (secondary N) is 1. The smallest absolute Gasteiger partial charge is 0.264 e. The average Bonchev–Trinajstić information content (AvgIpc) is 3.13. The van der Waals surface area contributed by atoms with Gasteiger partial charge < -0.3 is 14.7 Å². The van der Waals surface area contributed by atoms with Gasteiger partial charge in [0.1, 0.15) is 19.4 Å². The molecule has 252 valence electrons. The van der Waals surface area contributed by atoms with Gasteiger partial charge in [-0.2, -0.15) is 0 Å².